The van der Waals surface area contributed by atoms with Crippen LogP contribution >= 0.6 is 0 Å². The molecule has 0 radical (unpaired) electrons. The Hall–Kier alpha value is 0. The third kappa shape index (κ3) is 2.10. The summed E-state index contributed by atoms with van der Waals surface area (Å²) in [6.45, 7) is 9.84. The van der Waals surface area contributed by atoms with Gasteiger partial charge in [-0.05, 0) is 48.3 Å². The van der Waals surface area contributed by atoms with Crippen LogP contribution in [0.2, 0.25) is 0 Å². The second-order valence-electron chi connectivity index (χ2n) is 6.67. The Labute approximate surface area is 95.8 Å². The van der Waals surface area contributed by atoms with E-state index in [4.69, 9.17) is 0 Å². The molecule has 0 N–H and O–H groups in total. The van der Waals surface area contributed by atoms with E-state index in [2.05, 4.69) is 27.7 Å². The highest BCUT2D eigenvalue weighted by atomic mass is 14.5. The smallest absolute Gasteiger partial charge is 0.0329 e. The largest absolute Gasteiger partial charge is 0.0625 e. The second kappa shape index (κ2) is 4.47. The molecule has 0 aliphatic heterocycles. The highest BCUT2D eigenvalue weighted by Gasteiger charge is 2.43. The van der Waals surface area contributed by atoms with Gasteiger partial charge in [-0.15, -0.1) is 0 Å². The summed E-state index contributed by atoms with van der Waals surface area (Å²) in [5.41, 5.74) is 0. The fourth-order valence-electron chi connectivity index (χ4n) is 4.73. The lowest BCUT2D eigenvalue weighted by Gasteiger charge is -2.45. The van der Waals surface area contributed by atoms with Gasteiger partial charge in [-0.25, -0.2) is 0 Å². The van der Waals surface area contributed by atoms with Crippen molar-refractivity contribution in [1.29, 1.82) is 0 Å². The molecular weight excluding hydrogens is 180 g/mol. The zero-order valence-electron chi connectivity index (χ0n) is 11.0. The Morgan fingerprint density at radius 1 is 0.667 bits per heavy atom. The maximum absolute atomic E-state index is 2.46. The van der Waals surface area contributed by atoms with Crippen molar-refractivity contribution in [1.82, 2.24) is 0 Å². The first-order valence-electron chi connectivity index (χ1n) is 7.11. The molecule has 4 atom stereocenters. The first-order valence-corrected chi connectivity index (χ1v) is 7.11. The van der Waals surface area contributed by atoms with Crippen LogP contribution in [0.1, 0.15) is 59.8 Å². The Morgan fingerprint density at radius 2 is 1.07 bits per heavy atom. The van der Waals surface area contributed by atoms with Crippen LogP contribution < -0.4 is 0 Å². The number of hydrogen-bond donors (Lipinski definition) is 0. The lowest BCUT2D eigenvalue weighted by atomic mass is 9.60. The summed E-state index contributed by atoms with van der Waals surface area (Å²) < 4.78 is 0. The molecule has 0 heteroatoms. The van der Waals surface area contributed by atoms with Crippen molar-refractivity contribution in [3.63, 3.8) is 0 Å². The third-order valence-corrected chi connectivity index (χ3v) is 5.13. The highest BCUT2D eigenvalue weighted by molar-refractivity contribution is 4.92. The molecule has 0 aromatic rings. The molecule has 2 bridgehead atoms. The van der Waals surface area contributed by atoms with Crippen LogP contribution in [-0.4, -0.2) is 0 Å². The summed E-state index contributed by atoms with van der Waals surface area (Å²) in [5.74, 6) is 6.01. The van der Waals surface area contributed by atoms with Crippen molar-refractivity contribution in [2.24, 2.45) is 35.5 Å². The topological polar surface area (TPSA) is 0 Å². The Balaban J connectivity index is 2.23. The van der Waals surface area contributed by atoms with Gasteiger partial charge in [0, 0.05) is 0 Å². The molecule has 0 amide bonds. The van der Waals surface area contributed by atoms with Gasteiger partial charge in [-0.3, -0.25) is 0 Å². The maximum atomic E-state index is 2.46. The van der Waals surface area contributed by atoms with Gasteiger partial charge in [0.25, 0.3) is 0 Å². The van der Waals surface area contributed by atoms with Crippen molar-refractivity contribution >= 4 is 0 Å². The molecule has 3 aliphatic rings. The van der Waals surface area contributed by atoms with Crippen LogP contribution in [0.15, 0.2) is 0 Å². The van der Waals surface area contributed by atoms with Crippen LogP contribution in [0.25, 0.3) is 0 Å². The summed E-state index contributed by atoms with van der Waals surface area (Å²) in [6.07, 6.45) is 7.65. The van der Waals surface area contributed by atoms with Crippen molar-refractivity contribution in [2.45, 2.75) is 59.8 Å². The van der Waals surface area contributed by atoms with Crippen LogP contribution in [-0.2, 0) is 0 Å². The quantitative estimate of drug-likeness (QED) is 0.615. The minimum absolute atomic E-state index is 0.906. The second-order valence-corrected chi connectivity index (χ2v) is 6.67. The molecule has 0 saturated heterocycles. The molecule has 0 nitrogen and oxygen atoms in total. The molecule has 3 rings (SSSR count). The minimum atomic E-state index is 0.906. The molecule has 4 unspecified atom stereocenters. The fourth-order valence-corrected chi connectivity index (χ4v) is 4.73. The van der Waals surface area contributed by atoms with E-state index in [1.165, 1.54) is 32.1 Å². The Bertz CT molecular complexity index is 178. The van der Waals surface area contributed by atoms with Gasteiger partial charge in [0.1, 0.15) is 0 Å². The van der Waals surface area contributed by atoms with Gasteiger partial charge in [-0.1, -0.05) is 47.0 Å². The molecule has 0 aromatic heterocycles. The zero-order chi connectivity index (χ0) is 11.0. The van der Waals surface area contributed by atoms with Crippen LogP contribution in [0.5, 0.6) is 0 Å². The lowest BCUT2D eigenvalue weighted by molar-refractivity contribution is 0.0387. The zero-order valence-corrected chi connectivity index (χ0v) is 11.0. The van der Waals surface area contributed by atoms with E-state index in [-0.39, 0.29) is 0 Å². The van der Waals surface area contributed by atoms with E-state index >= 15 is 0 Å². The lowest BCUT2D eigenvalue weighted by Crippen LogP contribution is -2.38. The summed E-state index contributed by atoms with van der Waals surface area (Å²) >= 11 is 0. The molecule has 0 spiro atoms. The first-order chi connectivity index (χ1) is 7.11. The monoisotopic (exact) mass is 208 g/mol. The normalized spacial score (nSPS) is 41.2. The maximum Gasteiger partial charge on any atom is -0.0329 e. The predicted molar refractivity (Wildman–Crippen MR) is 66.7 cm³/mol. The molecule has 3 aliphatic carbocycles. The predicted octanol–water partition coefficient (Wildman–Crippen LogP) is 4.74. The number of rotatable bonds is 2. The molecule has 88 valence electrons. The van der Waals surface area contributed by atoms with E-state index < -0.39 is 0 Å². The summed E-state index contributed by atoms with van der Waals surface area (Å²) in [6, 6.07) is 0. The van der Waals surface area contributed by atoms with Crippen molar-refractivity contribution in [3.05, 3.63) is 0 Å². The summed E-state index contributed by atoms with van der Waals surface area (Å²) in [5, 5.41) is 0. The van der Waals surface area contributed by atoms with Crippen molar-refractivity contribution in [3.8, 4) is 0 Å². The third-order valence-electron chi connectivity index (χ3n) is 5.13. The van der Waals surface area contributed by atoms with Crippen LogP contribution in [0.4, 0.5) is 0 Å². The van der Waals surface area contributed by atoms with E-state index in [9.17, 15) is 0 Å². The standard InChI is InChI=1S/C15H28/c1-10(2)14-12-6-5-7-13(9-8-12)15(14)11(3)4/h10-15H,5-9H2,1-4H3. The average molecular weight is 208 g/mol. The van der Waals surface area contributed by atoms with Crippen molar-refractivity contribution in [2.75, 3.05) is 0 Å². The SMILES string of the molecule is CC(C)C1C2CCCC(CC2)C1C(C)C. The van der Waals surface area contributed by atoms with Crippen LogP contribution in [0.3, 0.4) is 0 Å². The van der Waals surface area contributed by atoms with E-state index in [0.29, 0.717) is 0 Å². The fraction of sp³-hybridized carbons (Fsp3) is 1.00. The van der Waals surface area contributed by atoms with Gasteiger partial charge in [0.2, 0.25) is 0 Å². The van der Waals surface area contributed by atoms with Gasteiger partial charge in [-0.2, -0.15) is 0 Å². The number of fused-ring (bicyclic) bond motifs is 4. The van der Waals surface area contributed by atoms with E-state index in [0.717, 1.165) is 35.5 Å². The van der Waals surface area contributed by atoms with E-state index in [1.54, 1.807) is 0 Å². The minimum Gasteiger partial charge on any atom is -0.0625 e. The average Bonchev–Trinajstić information content (AvgIpc) is 2.48. The van der Waals surface area contributed by atoms with Crippen molar-refractivity contribution < 1.29 is 0 Å². The van der Waals surface area contributed by atoms with Gasteiger partial charge >= 0.3 is 0 Å². The van der Waals surface area contributed by atoms with Gasteiger partial charge < -0.3 is 0 Å². The van der Waals surface area contributed by atoms with Gasteiger partial charge in [0.15, 0.2) is 0 Å². The Kier molecular flexibility index (Phi) is 3.42. The van der Waals surface area contributed by atoms with Crippen LogP contribution in [0, 0.1) is 35.5 Å². The Morgan fingerprint density at radius 3 is 1.40 bits per heavy atom. The molecule has 3 saturated carbocycles. The van der Waals surface area contributed by atoms with E-state index in [1.807, 2.05) is 0 Å². The van der Waals surface area contributed by atoms with Gasteiger partial charge in [0.05, 0.1) is 0 Å². The first kappa shape index (κ1) is 11.5. The molecule has 3 fully saturated rings. The summed E-state index contributed by atoms with van der Waals surface area (Å²) in [4.78, 5) is 0. The highest BCUT2D eigenvalue weighted by Crippen LogP contribution is 2.51. The number of hydrogen-bond acceptors (Lipinski definition) is 0. The molecule has 0 heterocycles. The molecular formula is C15H28. The molecule has 15 heavy (non-hydrogen) atoms. The molecule has 0 aromatic carbocycles. The summed E-state index contributed by atoms with van der Waals surface area (Å²) in [7, 11) is 0.